The van der Waals surface area contributed by atoms with E-state index in [1.54, 1.807) is 0 Å². The number of anilines is 1. The van der Waals surface area contributed by atoms with E-state index in [9.17, 15) is 13.9 Å². The van der Waals surface area contributed by atoms with Crippen molar-refractivity contribution in [3.63, 3.8) is 0 Å². The topological polar surface area (TPSA) is 23.5 Å². The zero-order valence-electron chi connectivity index (χ0n) is 11.6. The Kier molecular flexibility index (Phi) is 3.88. The maximum absolute atomic E-state index is 13.8. The Labute approximate surface area is 122 Å². The summed E-state index contributed by atoms with van der Waals surface area (Å²) in [7, 11) is 0. The number of nitrogens with zero attached hydrogens (tertiary/aromatic N) is 1. The van der Waals surface area contributed by atoms with Crippen molar-refractivity contribution in [1.29, 1.82) is 0 Å². The summed E-state index contributed by atoms with van der Waals surface area (Å²) >= 11 is 0. The predicted molar refractivity (Wildman–Crippen MR) is 78.0 cm³/mol. The fourth-order valence-corrected chi connectivity index (χ4v) is 2.83. The molecule has 0 aliphatic carbocycles. The van der Waals surface area contributed by atoms with Crippen LogP contribution in [0.5, 0.6) is 0 Å². The molecule has 0 amide bonds. The van der Waals surface area contributed by atoms with Crippen LogP contribution in [-0.4, -0.2) is 11.7 Å². The van der Waals surface area contributed by atoms with Gasteiger partial charge in [-0.05, 0) is 25.0 Å². The van der Waals surface area contributed by atoms with Gasteiger partial charge in [0.05, 0.1) is 6.10 Å². The smallest absolute Gasteiger partial charge is 0.131 e. The molecule has 1 heterocycles. The van der Waals surface area contributed by atoms with Crippen LogP contribution >= 0.6 is 0 Å². The number of para-hydroxylation sites is 1. The molecular formula is C17H17F2NO. The third kappa shape index (κ3) is 2.90. The van der Waals surface area contributed by atoms with Gasteiger partial charge in [0.15, 0.2) is 0 Å². The molecule has 0 radical (unpaired) electrons. The van der Waals surface area contributed by atoms with Crippen molar-refractivity contribution in [2.75, 3.05) is 11.4 Å². The first-order valence-corrected chi connectivity index (χ1v) is 7.11. The van der Waals surface area contributed by atoms with Gasteiger partial charge in [0, 0.05) is 36.0 Å². The Bertz CT molecular complexity index is 644. The Balaban J connectivity index is 1.93. The minimum Gasteiger partial charge on any atom is -0.388 e. The van der Waals surface area contributed by atoms with E-state index in [2.05, 4.69) is 0 Å². The summed E-state index contributed by atoms with van der Waals surface area (Å²) in [5, 5.41) is 10.2. The van der Waals surface area contributed by atoms with Gasteiger partial charge in [0.25, 0.3) is 0 Å². The van der Waals surface area contributed by atoms with E-state index < -0.39 is 17.7 Å². The van der Waals surface area contributed by atoms with Crippen molar-refractivity contribution in [3.05, 3.63) is 65.2 Å². The lowest BCUT2D eigenvalue weighted by atomic mass is 10.0. The molecule has 0 spiro atoms. The minimum absolute atomic E-state index is 0.371. The fourth-order valence-electron chi connectivity index (χ4n) is 2.83. The number of aliphatic hydroxyl groups is 1. The second-order valence-electron chi connectivity index (χ2n) is 5.37. The number of hydrogen-bond acceptors (Lipinski definition) is 2. The number of hydrogen-bond donors (Lipinski definition) is 1. The molecule has 3 rings (SSSR count). The van der Waals surface area contributed by atoms with Gasteiger partial charge in [-0.25, -0.2) is 8.78 Å². The highest BCUT2D eigenvalue weighted by atomic mass is 19.1. The first-order chi connectivity index (χ1) is 10.1. The van der Waals surface area contributed by atoms with Crippen LogP contribution in [0.1, 0.15) is 30.1 Å². The van der Waals surface area contributed by atoms with Crippen molar-refractivity contribution in [1.82, 2.24) is 0 Å². The molecule has 0 aromatic heterocycles. The number of fused-ring (bicyclic) bond motifs is 1. The molecule has 0 saturated heterocycles. The molecule has 1 aliphatic heterocycles. The second-order valence-corrected chi connectivity index (χ2v) is 5.37. The normalized spacial score (nSPS) is 18.2. The lowest BCUT2D eigenvalue weighted by molar-refractivity contribution is 0.168. The van der Waals surface area contributed by atoms with Gasteiger partial charge in [0.2, 0.25) is 0 Å². The molecule has 0 fully saturated rings. The second kappa shape index (κ2) is 5.82. The van der Waals surface area contributed by atoms with E-state index in [0.717, 1.165) is 30.3 Å². The standard InChI is InChI=1S/C17H17F2NO/c18-13-8-7-12(15(19)10-13)11-20-9-3-6-17(21)14-4-1-2-5-16(14)20/h1-2,4-5,7-8,10,17,21H,3,6,9,11H2. The maximum Gasteiger partial charge on any atom is 0.131 e. The predicted octanol–water partition coefficient (Wildman–Crippen LogP) is 3.80. The summed E-state index contributed by atoms with van der Waals surface area (Å²) in [6.45, 7) is 1.11. The van der Waals surface area contributed by atoms with Gasteiger partial charge in [0.1, 0.15) is 11.6 Å². The van der Waals surface area contributed by atoms with Crippen molar-refractivity contribution >= 4 is 5.69 Å². The largest absolute Gasteiger partial charge is 0.388 e. The average Bonchev–Trinajstić information content (AvgIpc) is 2.63. The summed E-state index contributed by atoms with van der Waals surface area (Å²) in [6, 6.07) is 11.3. The number of halogens is 2. The molecule has 110 valence electrons. The molecule has 1 atom stereocenters. The molecule has 1 unspecified atom stereocenters. The van der Waals surface area contributed by atoms with Crippen LogP contribution in [0, 0.1) is 11.6 Å². The highest BCUT2D eigenvalue weighted by Crippen LogP contribution is 2.33. The maximum atomic E-state index is 13.8. The first-order valence-electron chi connectivity index (χ1n) is 7.11. The lowest BCUT2D eigenvalue weighted by Gasteiger charge is -2.25. The lowest BCUT2D eigenvalue weighted by Crippen LogP contribution is -2.24. The van der Waals surface area contributed by atoms with E-state index in [-0.39, 0.29) is 0 Å². The van der Waals surface area contributed by atoms with Crippen LogP contribution in [0.3, 0.4) is 0 Å². The van der Waals surface area contributed by atoms with Crippen molar-refractivity contribution in [3.8, 4) is 0 Å². The number of benzene rings is 2. The molecule has 1 aliphatic rings. The monoisotopic (exact) mass is 289 g/mol. The van der Waals surface area contributed by atoms with Gasteiger partial charge < -0.3 is 10.0 Å². The SMILES string of the molecule is OC1CCCN(Cc2ccc(F)cc2F)c2ccccc21. The van der Waals surface area contributed by atoms with E-state index in [0.29, 0.717) is 18.5 Å². The molecule has 0 bridgehead atoms. The first kappa shape index (κ1) is 14.0. The summed E-state index contributed by atoms with van der Waals surface area (Å²) in [5.41, 5.74) is 2.26. The Hall–Kier alpha value is -1.94. The van der Waals surface area contributed by atoms with Crippen LogP contribution in [-0.2, 0) is 6.54 Å². The van der Waals surface area contributed by atoms with E-state index in [4.69, 9.17) is 0 Å². The highest BCUT2D eigenvalue weighted by molar-refractivity contribution is 5.55. The molecule has 0 saturated carbocycles. The summed E-state index contributed by atoms with van der Waals surface area (Å²) < 4.78 is 26.8. The molecule has 2 aromatic carbocycles. The quantitative estimate of drug-likeness (QED) is 0.909. The van der Waals surface area contributed by atoms with E-state index >= 15 is 0 Å². The Morgan fingerprint density at radius 3 is 2.76 bits per heavy atom. The fraction of sp³-hybridized carbons (Fsp3) is 0.294. The average molecular weight is 289 g/mol. The molecule has 2 nitrogen and oxygen atoms in total. The summed E-state index contributed by atoms with van der Waals surface area (Å²) in [6.07, 6.45) is 1.04. The highest BCUT2D eigenvalue weighted by Gasteiger charge is 2.21. The molecule has 4 heteroatoms. The van der Waals surface area contributed by atoms with Gasteiger partial charge in [-0.2, -0.15) is 0 Å². The van der Waals surface area contributed by atoms with Crippen molar-refractivity contribution in [2.45, 2.75) is 25.5 Å². The van der Waals surface area contributed by atoms with Crippen molar-refractivity contribution in [2.24, 2.45) is 0 Å². The molecule has 21 heavy (non-hydrogen) atoms. The number of rotatable bonds is 2. The Morgan fingerprint density at radius 1 is 1.14 bits per heavy atom. The zero-order valence-corrected chi connectivity index (χ0v) is 11.6. The third-order valence-electron chi connectivity index (χ3n) is 3.92. The molecule has 1 N–H and O–H groups in total. The summed E-state index contributed by atoms with van der Waals surface area (Å²) in [4.78, 5) is 2.04. The number of aliphatic hydroxyl groups excluding tert-OH is 1. The van der Waals surface area contributed by atoms with Crippen LogP contribution in [0.4, 0.5) is 14.5 Å². The van der Waals surface area contributed by atoms with Crippen LogP contribution < -0.4 is 4.90 Å². The molecule has 2 aromatic rings. The summed E-state index contributed by atoms with van der Waals surface area (Å²) in [5.74, 6) is -1.10. The minimum atomic E-state index is -0.567. The third-order valence-corrected chi connectivity index (χ3v) is 3.92. The van der Waals surface area contributed by atoms with Gasteiger partial charge in [-0.1, -0.05) is 24.3 Å². The van der Waals surface area contributed by atoms with E-state index in [1.165, 1.54) is 12.1 Å². The van der Waals surface area contributed by atoms with E-state index in [1.807, 2.05) is 29.2 Å². The van der Waals surface area contributed by atoms with Crippen molar-refractivity contribution < 1.29 is 13.9 Å². The molecular weight excluding hydrogens is 272 g/mol. The van der Waals surface area contributed by atoms with Crippen LogP contribution in [0.2, 0.25) is 0 Å². The van der Waals surface area contributed by atoms with Crippen LogP contribution in [0.25, 0.3) is 0 Å². The van der Waals surface area contributed by atoms with Gasteiger partial charge in [-0.3, -0.25) is 0 Å². The van der Waals surface area contributed by atoms with Gasteiger partial charge in [-0.15, -0.1) is 0 Å². The Morgan fingerprint density at radius 2 is 1.95 bits per heavy atom. The van der Waals surface area contributed by atoms with Crippen LogP contribution in [0.15, 0.2) is 42.5 Å². The van der Waals surface area contributed by atoms with Gasteiger partial charge >= 0.3 is 0 Å². The zero-order chi connectivity index (χ0) is 14.8.